The smallest absolute Gasteiger partial charge is 0.230 e. The average molecular weight is 333 g/mol. The second kappa shape index (κ2) is 8.59. The Kier molecular flexibility index (Phi) is 7.46. The zero-order valence-corrected chi connectivity index (χ0v) is 13.7. The summed E-state index contributed by atoms with van der Waals surface area (Å²) in [4.78, 5) is 12.3. The summed E-state index contributed by atoms with van der Waals surface area (Å²) in [5.74, 6) is 0.105. The van der Waals surface area contributed by atoms with Crippen LogP contribution in [-0.4, -0.2) is 39.3 Å². The van der Waals surface area contributed by atoms with E-state index >= 15 is 0 Å². The third kappa shape index (κ3) is 4.85. The lowest BCUT2D eigenvalue weighted by atomic mass is 9.95. The average Bonchev–Trinajstić information content (AvgIpc) is 3.24. The van der Waals surface area contributed by atoms with Gasteiger partial charge in [-0.1, -0.05) is 23.7 Å². The van der Waals surface area contributed by atoms with Crippen molar-refractivity contribution in [2.75, 3.05) is 33.4 Å². The number of carbonyl (C=O) groups is 1. The summed E-state index contributed by atoms with van der Waals surface area (Å²) in [5, 5.41) is 6.88. The number of carbonyl (C=O) groups excluding carboxylic acids is 1. The van der Waals surface area contributed by atoms with E-state index in [1.165, 1.54) is 0 Å². The molecule has 0 spiro atoms. The molecule has 1 fully saturated rings. The fourth-order valence-corrected chi connectivity index (χ4v) is 2.48. The molecule has 0 aromatic heterocycles. The second-order valence-electron chi connectivity index (χ2n) is 5.09. The van der Waals surface area contributed by atoms with E-state index in [4.69, 9.17) is 16.3 Å². The molecule has 0 radical (unpaired) electrons. The molecule has 118 valence electrons. The third-order valence-corrected chi connectivity index (χ3v) is 3.87. The SMILES string of the molecule is COCCNCCNC(=O)C1(c2cccc(Cl)c2)CC1.Cl. The number of methoxy groups -OCH3 is 1. The maximum Gasteiger partial charge on any atom is 0.230 e. The topological polar surface area (TPSA) is 50.4 Å². The summed E-state index contributed by atoms with van der Waals surface area (Å²) in [6, 6.07) is 7.61. The van der Waals surface area contributed by atoms with Crippen molar-refractivity contribution >= 4 is 29.9 Å². The van der Waals surface area contributed by atoms with Crippen LogP contribution in [0.1, 0.15) is 18.4 Å². The van der Waals surface area contributed by atoms with Gasteiger partial charge in [-0.2, -0.15) is 0 Å². The molecule has 0 unspecified atom stereocenters. The standard InChI is InChI=1S/C15H21ClN2O2.ClH/c1-20-10-9-17-7-8-18-14(19)15(5-6-15)12-3-2-4-13(16)11-12;/h2-4,11,17H,5-10H2,1H3,(H,18,19);1H. The van der Waals surface area contributed by atoms with Crippen LogP contribution in [0.15, 0.2) is 24.3 Å². The van der Waals surface area contributed by atoms with Gasteiger partial charge in [0.05, 0.1) is 12.0 Å². The molecule has 1 aliphatic carbocycles. The van der Waals surface area contributed by atoms with Gasteiger partial charge in [0.2, 0.25) is 5.91 Å². The molecule has 2 N–H and O–H groups in total. The summed E-state index contributed by atoms with van der Waals surface area (Å²) < 4.78 is 4.94. The molecular formula is C15H22Cl2N2O2. The Morgan fingerprint density at radius 3 is 2.71 bits per heavy atom. The number of hydrogen-bond acceptors (Lipinski definition) is 3. The van der Waals surface area contributed by atoms with Gasteiger partial charge in [-0.25, -0.2) is 0 Å². The minimum absolute atomic E-state index is 0. The van der Waals surface area contributed by atoms with Crippen molar-refractivity contribution in [1.29, 1.82) is 0 Å². The van der Waals surface area contributed by atoms with Crippen LogP contribution < -0.4 is 10.6 Å². The van der Waals surface area contributed by atoms with Crippen molar-refractivity contribution in [2.45, 2.75) is 18.3 Å². The first-order chi connectivity index (χ1) is 9.69. The van der Waals surface area contributed by atoms with Gasteiger partial charge in [0, 0.05) is 31.8 Å². The van der Waals surface area contributed by atoms with Gasteiger partial charge < -0.3 is 15.4 Å². The first-order valence-electron chi connectivity index (χ1n) is 6.93. The normalized spacial score (nSPS) is 15.1. The highest BCUT2D eigenvalue weighted by atomic mass is 35.5. The third-order valence-electron chi connectivity index (χ3n) is 3.63. The first kappa shape index (κ1) is 18.2. The van der Waals surface area contributed by atoms with E-state index < -0.39 is 0 Å². The summed E-state index contributed by atoms with van der Waals surface area (Å²) in [7, 11) is 1.67. The summed E-state index contributed by atoms with van der Waals surface area (Å²) in [6.07, 6.45) is 1.80. The van der Waals surface area contributed by atoms with E-state index in [9.17, 15) is 4.79 Å². The predicted octanol–water partition coefficient (Wildman–Crippen LogP) is 2.15. The van der Waals surface area contributed by atoms with Crippen LogP contribution >= 0.6 is 24.0 Å². The lowest BCUT2D eigenvalue weighted by Crippen LogP contribution is -2.39. The van der Waals surface area contributed by atoms with E-state index in [-0.39, 0.29) is 23.7 Å². The maximum atomic E-state index is 12.3. The Bertz CT molecular complexity index is 465. The predicted molar refractivity (Wildman–Crippen MR) is 87.4 cm³/mol. The maximum absolute atomic E-state index is 12.3. The van der Waals surface area contributed by atoms with Gasteiger partial charge in [0.15, 0.2) is 0 Å². The van der Waals surface area contributed by atoms with Crippen LogP contribution in [0.25, 0.3) is 0 Å². The van der Waals surface area contributed by atoms with E-state index in [1.807, 2.05) is 24.3 Å². The van der Waals surface area contributed by atoms with E-state index in [1.54, 1.807) is 7.11 Å². The summed E-state index contributed by atoms with van der Waals surface area (Å²) in [6.45, 7) is 2.86. The molecule has 21 heavy (non-hydrogen) atoms. The highest BCUT2D eigenvalue weighted by molar-refractivity contribution is 6.30. The molecule has 1 saturated carbocycles. The Morgan fingerprint density at radius 2 is 2.10 bits per heavy atom. The first-order valence-corrected chi connectivity index (χ1v) is 7.31. The molecule has 1 aromatic carbocycles. The Hall–Kier alpha value is -0.810. The quantitative estimate of drug-likeness (QED) is 0.717. The lowest BCUT2D eigenvalue weighted by molar-refractivity contribution is -0.123. The molecular weight excluding hydrogens is 311 g/mol. The molecule has 4 nitrogen and oxygen atoms in total. The number of halogens is 2. The van der Waals surface area contributed by atoms with Crippen LogP contribution in [0.5, 0.6) is 0 Å². The van der Waals surface area contributed by atoms with Crippen molar-refractivity contribution in [2.24, 2.45) is 0 Å². The Balaban J connectivity index is 0.00000220. The second-order valence-corrected chi connectivity index (χ2v) is 5.53. The largest absolute Gasteiger partial charge is 0.383 e. The highest BCUT2D eigenvalue weighted by Gasteiger charge is 2.51. The summed E-state index contributed by atoms with van der Waals surface area (Å²) >= 11 is 6.01. The molecule has 1 aliphatic rings. The van der Waals surface area contributed by atoms with E-state index in [0.717, 1.165) is 31.5 Å². The zero-order chi connectivity index (χ0) is 14.4. The summed E-state index contributed by atoms with van der Waals surface area (Å²) in [5.41, 5.74) is 0.673. The monoisotopic (exact) mass is 332 g/mol. The van der Waals surface area contributed by atoms with Crippen molar-refractivity contribution in [3.8, 4) is 0 Å². The lowest BCUT2D eigenvalue weighted by Gasteiger charge is -2.16. The number of nitrogens with one attached hydrogen (secondary N) is 2. The zero-order valence-electron chi connectivity index (χ0n) is 12.2. The minimum Gasteiger partial charge on any atom is -0.383 e. The molecule has 0 atom stereocenters. The fourth-order valence-electron chi connectivity index (χ4n) is 2.29. The van der Waals surface area contributed by atoms with Crippen LogP contribution in [0.2, 0.25) is 5.02 Å². The van der Waals surface area contributed by atoms with Crippen molar-refractivity contribution in [3.63, 3.8) is 0 Å². The van der Waals surface area contributed by atoms with Gasteiger partial charge >= 0.3 is 0 Å². The van der Waals surface area contributed by atoms with Crippen molar-refractivity contribution in [1.82, 2.24) is 10.6 Å². The van der Waals surface area contributed by atoms with E-state index in [2.05, 4.69) is 10.6 Å². The fraction of sp³-hybridized carbons (Fsp3) is 0.533. The van der Waals surface area contributed by atoms with Crippen molar-refractivity contribution in [3.05, 3.63) is 34.9 Å². The molecule has 0 saturated heterocycles. The van der Waals surface area contributed by atoms with Gasteiger partial charge in [-0.05, 0) is 30.5 Å². The van der Waals surface area contributed by atoms with Gasteiger partial charge in [0.1, 0.15) is 0 Å². The van der Waals surface area contributed by atoms with Gasteiger partial charge in [-0.15, -0.1) is 12.4 Å². The number of benzene rings is 1. The number of rotatable bonds is 8. The highest BCUT2D eigenvalue weighted by Crippen LogP contribution is 2.48. The molecule has 0 bridgehead atoms. The molecule has 0 aliphatic heterocycles. The Morgan fingerprint density at radius 1 is 1.33 bits per heavy atom. The van der Waals surface area contributed by atoms with Crippen molar-refractivity contribution < 1.29 is 9.53 Å². The van der Waals surface area contributed by atoms with E-state index in [0.29, 0.717) is 18.2 Å². The molecule has 1 aromatic rings. The number of ether oxygens (including phenoxy) is 1. The number of amides is 1. The molecule has 6 heteroatoms. The van der Waals surface area contributed by atoms with Crippen LogP contribution in [0, 0.1) is 0 Å². The van der Waals surface area contributed by atoms with Crippen LogP contribution in [0.4, 0.5) is 0 Å². The van der Waals surface area contributed by atoms with Gasteiger partial charge in [-0.3, -0.25) is 4.79 Å². The molecule has 0 heterocycles. The van der Waals surface area contributed by atoms with Crippen LogP contribution in [0.3, 0.4) is 0 Å². The van der Waals surface area contributed by atoms with Crippen LogP contribution in [-0.2, 0) is 14.9 Å². The molecule has 2 rings (SSSR count). The molecule has 1 amide bonds. The minimum atomic E-state index is -0.350. The number of hydrogen-bond donors (Lipinski definition) is 2. The Labute approximate surface area is 137 Å². The van der Waals surface area contributed by atoms with Gasteiger partial charge in [0.25, 0.3) is 0 Å².